The number of nitrogens with one attached hydrogen (secondary N) is 1. The fourth-order valence-electron chi connectivity index (χ4n) is 0.877. The summed E-state index contributed by atoms with van der Waals surface area (Å²) in [7, 11) is 7.53. The molecule has 0 heterocycles. The van der Waals surface area contributed by atoms with Gasteiger partial charge in [0.15, 0.2) is 10.9 Å². The Balaban J connectivity index is 4.43. The van der Waals surface area contributed by atoms with Crippen LogP contribution in [0.5, 0.6) is 0 Å². The van der Waals surface area contributed by atoms with Crippen molar-refractivity contribution in [3.63, 3.8) is 0 Å². The van der Waals surface area contributed by atoms with E-state index in [9.17, 15) is 4.79 Å². The third kappa shape index (κ3) is 6.19. The van der Waals surface area contributed by atoms with E-state index in [4.69, 9.17) is 12.2 Å². The summed E-state index contributed by atoms with van der Waals surface area (Å²) in [4.78, 5) is 15.0. The van der Waals surface area contributed by atoms with Gasteiger partial charge < -0.3 is 15.1 Å². The summed E-state index contributed by atoms with van der Waals surface area (Å²) in [5.41, 5.74) is 0.712. The van der Waals surface area contributed by atoms with Crippen LogP contribution in [0.15, 0.2) is 11.8 Å². The highest BCUT2D eigenvalue weighted by molar-refractivity contribution is 7.80. The molecule has 0 bridgehead atoms. The molecule has 0 aliphatic rings. The molecule has 0 aromatic heterocycles. The van der Waals surface area contributed by atoms with Crippen molar-refractivity contribution in [2.45, 2.75) is 6.92 Å². The number of ketones is 1. The van der Waals surface area contributed by atoms with Crippen molar-refractivity contribution < 1.29 is 4.79 Å². The maximum absolute atomic E-state index is 11.3. The van der Waals surface area contributed by atoms with E-state index in [1.54, 1.807) is 18.0 Å². The molecule has 0 saturated carbocycles. The minimum absolute atomic E-state index is 0.0535. The van der Waals surface area contributed by atoms with Crippen LogP contribution in [0.2, 0.25) is 0 Å². The molecule has 0 aromatic rings. The lowest BCUT2D eigenvalue weighted by atomic mass is 10.2. The van der Waals surface area contributed by atoms with Gasteiger partial charge >= 0.3 is 0 Å². The summed E-state index contributed by atoms with van der Waals surface area (Å²) in [5.74, 6) is 0.0535. The zero-order chi connectivity index (χ0) is 12.0. The molecule has 0 amide bonds. The first-order valence-corrected chi connectivity index (χ1v) is 5.08. The summed E-state index contributed by atoms with van der Waals surface area (Å²) < 4.78 is 0. The van der Waals surface area contributed by atoms with Crippen LogP contribution in [0.25, 0.3) is 0 Å². The van der Waals surface area contributed by atoms with Crippen LogP contribution in [0, 0.1) is 0 Å². The zero-order valence-corrected chi connectivity index (χ0v) is 10.8. The van der Waals surface area contributed by atoms with Crippen LogP contribution in [-0.2, 0) is 4.79 Å². The summed E-state index contributed by atoms with van der Waals surface area (Å²) >= 11 is 5.04. The Morgan fingerprint density at radius 2 is 1.87 bits per heavy atom. The lowest BCUT2D eigenvalue weighted by molar-refractivity contribution is -0.113. The van der Waals surface area contributed by atoms with Crippen molar-refractivity contribution in [2.24, 2.45) is 0 Å². The number of rotatable bonds is 4. The second-order valence-corrected chi connectivity index (χ2v) is 4.19. The van der Waals surface area contributed by atoms with E-state index in [0.29, 0.717) is 17.2 Å². The number of thiocarbonyl (C=S) groups is 1. The third-order valence-corrected chi connectivity index (χ3v) is 2.20. The molecule has 0 aliphatic heterocycles. The topological polar surface area (TPSA) is 35.6 Å². The van der Waals surface area contributed by atoms with Gasteiger partial charge in [-0.2, -0.15) is 0 Å². The van der Waals surface area contributed by atoms with Crippen LogP contribution in [0.1, 0.15) is 6.92 Å². The van der Waals surface area contributed by atoms with Crippen LogP contribution in [-0.4, -0.2) is 55.4 Å². The van der Waals surface area contributed by atoms with Gasteiger partial charge in [0.2, 0.25) is 0 Å². The van der Waals surface area contributed by atoms with Gasteiger partial charge in [0.25, 0.3) is 0 Å². The fraction of sp³-hybridized carbons (Fsp3) is 0.600. The minimum atomic E-state index is 0.0535. The number of nitrogens with zero attached hydrogens (tertiary/aromatic N) is 2. The van der Waals surface area contributed by atoms with Crippen molar-refractivity contribution in [2.75, 3.05) is 34.7 Å². The summed E-state index contributed by atoms with van der Waals surface area (Å²) in [5, 5.41) is 3.51. The van der Waals surface area contributed by atoms with Gasteiger partial charge in [-0.15, -0.1) is 0 Å². The third-order valence-electron chi connectivity index (χ3n) is 1.71. The monoisotopic (exact) mass is 229 g/mol. The van der Waals surface area contributed by atoms with Gasteiger partial charge in [0, 0.05) is 32.4 Å². The maximum Gasteiger partial charge on any atom is 0.172 e. The molecule has 0 aliphatic carbocycles. The lowest BCUT2D eigenvalue weighted by Crippen LogP contribution is -2.32. The molecule has 0 atom stereocenters. The Kier molecular flexibility index (Phi) is 6.12. The lowest BCUT2D eigenvalue weighted by Gasteiger charge is -2.15. The molecule has 0 saturated heterocycles. The molecule has 0 radical (unpaired) electrons. The summed E-state index contributed by atoms with van der Waals surface area (Å²) in [6.45, 7) is 2.16. The number of hydrogen-bond donors (Lipinski definition) is 1. The van der Waals surface area contributed by atoms with Gasteiger partial charge in [-0.1, -0.05) is 0 Å². The molecule has 0 unspecified atom stereocenters. The molecule has 0 rings (SSSR count). The van der Waals surface area contributed by atoms with Crippen LogP contribution >= 0.6 is 12.2 Å². The van der Waals surface area contributed by atoms with Gasteiger partial charge in [-0.25, -0.2) is 0 Å². The van der Waals surface area contributed by atoms with Gasteiger partial charge in [0.05, 0.1) is 0 Å². The molecule has 0 spiro atoms. The summed E-state index contributed by atoms with van der Waals surface area (Å²) in [6, 6.07) is 0. The molecule has 86 valence electrons. The van der Waals surface area contributed by atoms with Crippen molar-refractivity contribution in [3.05, 3.63) is 11.8 Å². The Morgan fingerprint density at radius 3 is 2.20 bits per heavy atom. The average molecular weight is 229 g/mol. The summed E-state index contributed by atoms with van der Waals surface area (Å²) in [6.07, 6.45) is 1.67. The van der Waals surface area contributed by atoms with Crippen molar-refractivity contribution >= 4 is 23.1 Å². The molecule has 5 heteroatoms. The second-order valence-electron chi connectivity index (χ2n) is 3.81. The predicted molar refractivity (Wildman–Crippen MR) is 66.7 cm³/mol. The van der Waals surface area contributed by atoms with E-state index in [2.05, 4.69) is 5.32 Å². The molecular formula is C10H19N3OS. The first-order valence-electron chi connectivity index (χ1n) is 4.67. The first-order chi connectivity index (χ1) is 6.84. The number of carbonyl (C=O) groups is 1. The van der Waals surface area contributed by atoms with Crippen molar-refractivity contribution in [1.82, 2.24) is 15.1 Å². The Morgan fingerprint density at radius 1 is 1.33 bits per heavy atom. The highest BCUT2D eigenvalue weighted by atomic mass is 32.1. The van der Waals surface area contributed by atoms with Crippen LogP contribution in [0.4, 0.5) is 0 Å². The number of Topliss-reactive ketones (excluding diaryl/α,β-unsaturated/α-hetero) is 1. The van der Waals surface area contributed by atoms with Crippen molar-refractivity contribution in [3.8, 4) is 0 Å². The smallest absolute Gasteiger partial charge is 0.172 e. The normalized spacial score (nSPS) is 11.5. The highest BCUT2D eigenvalue weighted by Crippen LogP contribution is 1.96. The van der Waals surface area contributed by atoms with E-state index in [1.807, 2.05) is 33.1 Å². The number of likely N-dealkylation sites (N-methyl/N-ethyl adjacent to an activating group) is 1. The number of carbonyl (C=O) groups excluding carboxylic acids is 1. The maximum atomic E-state index is 11.3. The molecular weight excluding hydrogens is 210 g/mol. The first kappa shape index (κ1) is 14.1. The molecule has 0 fully saturated rings. The fourth-order valence-corrected chi connectivity index (χ4v) is 0.936. The van der Waals surface area contributed by atoms with Crippen LogP contribution < -0.4 is 5.32 Å². The Bertz CT molecular complexity index is 272. The molecule has 1 N–H and O–H groups in total. The molecule has 15 heavy (non-hydrogen) atoms. The minimum Gasteiger partial charge on any atom is -0.355 e. The SMILES string of the molecule is CC(=O)/C(=C\NC(=S)N(C)C)CN(C)C. The van der Waals surface area contributed by atoms with E-state index in [1.165, 1.54) is 0 Å². The number of hydrogen-bond acceptors (Lipinski definition) is 3. The van der Waals surface area contributed by atoms with E-state index < -0.39 is 0 Å². The predicted octanol–water partition coefficient (Wildman–Crippen LogP) is 0.457. The highest BCUT2D eigenvalue weighted by Gasteiger charge is 2.05. The second kappa shape index (κ2) is 6.53. The van der Waals surface area contributed by atoms with Crippen LogP contribution in [0.3, 0.4) is 0 Å². The van der Waals surface area contributed by atoms with Gasteiger partial charge in [-0.3, -0.25) is 4.79 Å². The zero-order valence-electron chi connectivity index (χ0n) is 10.00. The van der Waals surface area contributed by atoms with E-state index >= 15 is 0 Å². The average Bonchev–Trinajstić information content (AvgIpc) is 2.10. The van der Waals surface area contributed by atoms with Gasteiger partial charge in [0.1, 0.15) is 0 Å². The van der Waals surface area contributed by atoms with Crippen molar-refractivity contribution in [1.29, 1.82) is 0 Å². The van der Waals surface area contributed by atoms with E-state index in [-0.39, 0.29) is 5.78 Å². The standard InChI is InChI=1S/C10H19N3OS/c1-8(14)9(7-12(2)3)6-11-10(15)13(4)5/h6H,7H2,1-5H3,(H,11,15)/b9-6-. The largest absolute Gasteiger partial charge is 0.355 e. The molecule has 4 nitrogen and oxygen atoms in total. The molecule has 0 aromatic carbocycles. The Labute approximate surface area is 96.9 Å². The quantitative estimate of drug-likeness (QED) is 0.560. The Hall–Kier alpha value is -0.940. The van der Waals surface area contributed by atoms with E-state index in [0.717, 1.165) is 0 Å². The van der Waals surface area contributed by atoms with Gasteiger partial charge in [-0.05, 0) is 33.2 Å².